The Bertz CT molecular complexity index is 866. The van der Waals surface area contributed by atoms with Gasteiger partial charge in [-0.15, -0.1) is 0 Å². The number of carbonyl (C=O) groups excluding carboxylic acids is 2. The minimum atomic E-state index is -5.29. The van der Waals surface area contributed by atoms with Crippen LogP contribution in [-0.4, -0.2) is 35.8 Å². The molecule has 2 N–H and O–H groups in total. The molecule has 1 aromatic heterocycles. The van der Waals surface area contributed by atoms with Crippen molar-refractivity contribution in [2.24, 2.45) is 0 Å². The van der Waals surface area contributed by atoms with Crippen molar-refractivity contribution in [1.82, 2.24) is 10.3 Å². The van der Waals surface area contributed by atoms with E-state index in [9.17, 15) is 22.8 Å². The standard InChI is InChI=1S/C17H14Cl2F3N3O3/c1-28-15(27)16(17(20,21)22,25-14-12(19)8-11(18)9-23-14)24-13(26)7-10-5-3-2-4-6-10/h2-6,8-9H,7H2,1H3,(H,23,25)(H,24,26)/t16-/m0/s1. The summed E-state index contributed by atoms with van der Waals surface area (Å²) in [6.45, 7) is 0. The number of methoxy groups -OCH3 is 1. The minimum absolute atomic E-state index is 0.0688. The molecule has 11 heteroatoms. The van der Waals surface area contributed by atoms with Gasteiger partial charge >= 0.3 is 17.8 Å². The van der Waals surface area contributed by atoms with Crippen LogP contribution in [0.5, 0.6) is 0 Å². The van der Waals surface area contributed by atoms with Crippen molar-refractivity contribution in [2.75, 3.05) is 12.4 Å². The lowest BCUT2D eigenvalue weighted by Crippen LogP contribution is -2.69. The molecule has 28 heavy (non-hydrogen) atoms. The van der Waals surface area contributed by atoms with Crippen LogP contribution >= 0.6 is 23.2 Å². The first kappa shape index (κ1) is 21.8. The highest BCUT2D eigenvalue weighted by molar-refractivity contribution is 6.36. The number of halogens is 5. The van der Waals surface area contributed by atoms with E-state index in [0.29, 0.717) is 5.56 Å². The molecule has 0 fully saturated rings. The molecule has 2 aromatic rings. The van der Waals surface area contributed by atoms with E-state index in [0.717, 1.165) is 19.4 Å². The number of hydrogen-bond donors (Lipinski definition) is 2. The van der Waals surface area contributed by atoms with Crippen LogP contribution in [0.4, 0.5) is 19.0 Å². The average molecular weight is 436 g/mol. The summed E-state index contributed by atoms with van der Waals surface area (Å²) >= 11 is 11.5. The highest BCUT2D eigenvalue weighted by Crippen LogP contribution is 2.35. The largest absolute Gasteiger partial charge is 0.466 e. The summed E-state index contributed by atoms with van der Waals surface area (Å²) in [5, 5.41) is 3.32. The predicted molar refractivity (Wildman–Crippen MR) is 97.0 cm³/mol. The second-order valence-electron chi connectivity index (χ2n) is 5.56. The van der Waals surface area contributed by atoms with E-state index in [1.165, 1.54) is 0 Å². The van der Waals surface area contributed by atoms with Gasteiger partial charge in [0.05, 0.1) is 23.6 Å². The normalized spacial score (nSPS) is 13.4. The molecule has 0 saturated heterocycles. The summed E-state index contributed by atoms with van der Waals surface area (Å²) in [4.78, 5) is 28.1. The van der Waals surface area contributed by atoms with Gasteiger partial charge in [-0.1, -0.05) is 53.5 Å². The van der Waals surface area contributed by atoms with Gasteiger partial charge in [-0.2, -0.15) is 13.2 Å². The second kappa shape index (κ2) is 8.66. The number of amides is 1. The summed E-state index contributed by atoms with van der Waals surface area (Å²) in [5.41, 5.74) is -3.17. The Labute approximate surface area is 168 Å². The first-order chi connectivity index (χ1) is 13.1. The van der Waals surface area contributed by atoms with E-state index in [1.54, 1.807) is 35.6 Å². The molecule has 0 aliphatic rings. The van der Waals surface area contributed by atoms with Crippen LogP contribution in [0.2, 0.25) is 10.0 Å². The van der Waals surface area contributed by atoms with E-state index in [4.69, 9.17) is 23.2 Å². The van der Waals surface area contributed by atoms with Gasteiger partial charge in [-0.25, -0.2) is 9.78 Å². The number of aromatic nitrogens is 1. The fourth-order valence-corrected chi connectivity index (χ4v) is 2.69. The maximum atomic E-state index is 13.9. The molecule has 0 bridgehead atoms. The molecule has 1 atom stereocenters. The quantitative estimate of drug-likeness (QED) is 0.535. The molecule has 1 heterocycles. The van der Waals surface area contributed by atoms with Gasteiger partial charge in [-0.3, -0.25) is 4.79 Å². The van der Waals surface area contributed by atoms with E-state index < -0.39 is 36.0 Å². The number of rotatable bonds is 6. The molecule has 0 unspecified atom stereocenters. The van der Waals surface area contributed by atoms with Crippen molar-refractivity contribution in [1.29, 1.82) is 0 Å². The van der Waals surface area contributed by atoms with Gasteiger partial charge in [0.1, 0.15) is 5.82 Å². The van der Waals surface area contributed by atoms with Crippen LogP contribution in [0.3, 0.4) is 0 Å². The first-order valence-corrected chi connectivity index (χ1v) is 8.44. The number of esters is 1. The number of carbonyl (C=O) groups is 2. The second-order valence-corrected chi connectivity index (χ2v) is 6.40. The fourth-order valence-electron chi connectivity index (χ4n) is 2.26. The van der Waals surface area contributed by atoms with E-state index >= 15 is 0 Å². The van der Waals surface area contributed by atoms with E-state index in [-0.39, 0.29) is 10.0 Å². The van der Waals surface area contributed by atoms with Crippen LogP contribution < -0.4 is 10.6 Å². The fraction of sp³-hybridized carbons (Fsp3) is 0.235. The maximum absolute atomic E-state index is 13.9. The Morgan fingerprint density at radius 3 is 2.36 bits per heavy atom. The molecular formula is C17H14Cl2F3N3O3. The minimum Gasteiger partial charge on any atom is -0.466 e. The van der Waals surface area contributed by atoms with Gasteiger partial charge in [0, 0.05) is 6.20 Å². The van der Waals surface area contributed by atoms with Crippen molar-refractivity contribution in [2.45, 2.75) is 18.3 Å². The number of nitrogens with one attached hydrogen (secondary N) is 2. The Morgan fingerprint density at radius 1 is 1.18 bits per heavy atom. The van der Waals surface area contributed by atoms with Gasteiger partial charge in [0.2, 0.25) is 5.91 Å². The number of hydrogen-bond acceptors (Lipinski definition) is 5. The molecule has 1 aromatic carbocycles. The molecule has 2 rings (SSSR count). The monoisotopic (exact) mass is 435 g/mol. The molecular weight excluding hydrogens is 422 g/mol. The third-order valence-corrected chi connectivity index (χ3v) is 4.06. The number of pyridine rings is 1. The van der Waals surface area contributed by atoms with E-state index in [2.05, 4.69) is 9.72 Å². The zero-order valence-electron chi connectivity index (χ0n) is 14.3. The average Bonchev–Trinajstić information content (AvgIpc) is 2.62. The molecule has 0 aliphatic carbocycles. The van der Waals surface area contributed by atoms with Crippen LogP contribution in [0.25, 0.3) is 0 Å². The first-order valence-electron chi connectivity index (χ1n) is 7.68. The van der Waals surface area contributed by atoms with Crippen LogP contribution in [0.1, 0.15) is 5.56 Å². The lowest BCUT2D eigenvalue weighted by atomic mass is 10.1. The van der Waals surface area contributed by atoms with Crippen LogP contribution in [0, 0.1) is 0 Å². The third kappa shape index (κ3) is 4.85. The highest BCUT2D eigenvalue weighted by atomic mass is 35.5. The van der Waals surface area contributed by atoms with Gasteiger partial charge < -0.3 is 15.4 Å². The Balaban J connectivity index is 2.42. The number of nitrogens with zero attached hydrogens (tertiary/aromatic N) is 1. The third-order valence-electron chi connectivity index (χ3n) is 3.56. The summed E-state index contributed by atoms with van der Waals surface area (Å²) in [7, 11) is 0.755. The molecule has 150 valence electrons. The van der Waals surface area contributed by atoms with E-state index in [1.807, 2.05) is 5.32 Å². The predicted octanol–water partition coefficient (Wildman–Crippen LogP) is 3.59. The van der Waals surface area contributed by atoms with Crippen molar-refractivity contribution in [3.63, 3.8) is 0 Å². The topological polar surface area (TPSA) is 80.3 Å². The number of benzene rings is 1. The van der Waals surface area contributed by atoms with Crippen molar-refractivity contribution in [3.8, 4) is 0 Å². The molecule has 0 spiro atoms. The lowest BCUT2D eigenvalue weighted by molar-refractivity contribution is -0.206. The summed E-state index contributed by atoms with van der Waals surface area (Å²) in [6, 6.07) is 9.16. The molecule has 0 aliphatic heterocycles. The Hall–Kier alpha value is -2.52. The number of anilines is 1. The lowest BCUT2D eigenvalue weighted by Gasteiger charge is -2.34. The molecule has 0 saturated carbocycles. The summed E-state index contributed by atoms with van der Waals surface area (Å²) in [6.07, 6.45) is -4.67. The maximum Gasteiger partial charge on any atom is 0.441 e. The Morgan fingerprint density at radius 2 is 1.82 bits per heavy atom. The number of alkyl halides is 3. The molecule has 6 nitrogen and oxygen atoms in total. The van der Waals surface area contributed by atoms with Gasteiger partial charge in [0.25, 0.3) is 0 Å². The molecule has 1 amide bonds. The highest BCUT2D eigenvalue weighted by Gasteiger charge is 2.63. The van der Waals surface area contributed by atoms with Gasteiger partial charge in [0.15, 0.2) is 0 Å². The zero-order valence-corrected chi connectivity index (χ0v) is 15.8. The van der Waals surface area contributed by atoms with Crippen LogP contribution in [-0.2, 0) is 20.7 Å². The van der Waals surface area contributed by atoms with Crippen LogP contribution in [0.15, 0.2) is 42.6 Å². The van der Waals surface area contributed by atoms with Crippen molar-refractivity contribution < 1.29 is 27.5 Å². The SMILES string of the molecule is COC(=O)[C@](NC(=O)Cc1ccccc1)(Nc1ncc(Cl)cc1Cl)C(F)(F)F. The van der Waals surface area contributed by atoms with Gasteiger partial charge in [-0.05, 0) is 11.6 Å². The Kier molecular flexibility index (Phi) is 6.73. The smallest absolute Gasteiger partial charge is 0.441 e. The van der Waals surface area contributed by atoms with Crippen molar-refractivity contribution >= 4 is 40.9 Å². The summed E-state index contributed by atoms with van der Waals surface area (Å²) in [5.74, 6) is -3.39. The molecule has 0 radical (unpaired) electrons. The van der Waals surface area contributed by atoms with Crippen molar-refractivity contribution in [3.05, 3.63) is 58.2 Å². The summed E-state index contributed by atoms with van der Waals surface area (Å²) < 4.78 is 46.1. The number of ether oxygens (including phenoxy) is 1. The zero-order chi connectivity index (χ0) is 20.9.